The van der Waals surface area contributed by atoms with Crippen LogP contribution in [0.25, 0.3) is 0 Å². The molecule has 0 atom stereocenters. The van der Waals surface area contributed by atoms with Crippen LogP contribution in [0.4, 0.5) is 0 Å². The number of hydrogen-bond donors (Lipinski definition) is 3. The highest BCUT2D eigenvalue weighted by molar-refractivity contribution is 6.01. The van der Waals surface area contributed by atoms with Gasteiger partial charge in [-0.25, -0.2) is 14.4 Å². The van der Waals surface area contributed by atoms with Crippen LogP contribution < -0.4 is 0 Å². The van der Waals surface area contributed by atoms with Gasteiger partial charge in [0, 0.05) is 5.56 Å². The first-order chi connectivity index (χ1) is 10.9. The lowest BCUT2D eigenvalue weighted by Crippen LogP contribution is -2.06. The number of benzene rings is 2. The summed E-state index contributed by atoms with van der Waals surface area (Å²) in [4.78, 5) is 41.6. The van der Waals surface area contributed by atoms with E-state index < -0.39 is 17.9 Å². The molecule has 0 saturated heterocycles. The molecule has 0 unspecified atom stereocenters. The molecule has 0 aliphatic carbocycles. The molecule has 23 heavy (non-hydrogen) atoms. The van der Waals surface area contributed by atoms with Crippen LogP contribution in [0.1, 0.15) is 41.4 Å². The predicted octanol–water partition coefficient (Wildman–Crippen LogP) is 2.28. The zero-order valence-corrected chi connectivity index (χ0v) is 11.7. The lowest BCUT2D eigenvalue weighted by molar-refractivity contribution is 0.0651. The summed E-state index contributed by atoms with van der Waals surface area (Å²) >= 11 is 0. The molecule has 118 valence electrons. The van der Waals surface area contributed by atoms with Crippen molar-refractivity contribution in [1.29, 1.82) is 0 Å². The molecule has 7 heteroatoms. The zero-order valence-electron chi connectivity index (χ0n) is 11.7. The van der Waals surface area contributed by atoms with Crippen molar-refractivity contribution in [3.63, 3.8) is 0 Å². The smallest absolute Gasteiger partial charge is 0.336 e. The van der Waals surface area contributed by atoms with Crippen LogP contribution in [0.5, 0.6) is 0 Å². The van der Waals surface area contributed by atoms with Gasteiger partial charge in [0.2, 0.25) is 0 Å². The van der Waals surface area contributed by atoms with Gasteiger partial charge < -0.3 is 15.3 Å². The summed E-state index contributed by atoms with van der Waals surface area (Å²) in [7, 11) is 0. The van der Waals surface area contributed by atoms with E-state index in [1.807, 2.05) is 0 Å². The minimum Gasteiger partial charge on any atom is -0.478 e. The molecular weight excluding hydrogens is 304 g/mol. The van der Waals surface area contributed by atoms with E-state index in [1.165, 1.54) is 36.4 Å². The normalized spacial score (nSPS) is 9.22. The molecule has 0 spiro atoms. The number of carbonyl (C=O) groups is 4. The summed E-state index contributed by atoms with van der Waals surface area (Å²) in [6.07, 6.45) is 0.531. The number of carboxylic acid groups (broad SMARTS) is 3. The molecule has 0 aliphatic heterocycles. The molecular formula is C16H12O7. The van der Waals surface area contributed by atoms with Gasteiger partial charge in [0.25, 0.3) is 0 Å². The molecule has 2 rings (SSSR count). The summed E-state index contributed by atoms with van der Waals surface area (Å²) in [5.41, 5.74) is -0.127. The Morgan fingerprint density at radius 1 is 0.652 bits per heavy atom. The molecule has 0 aromatic heterocycles. The average Bonchev–Trinajstić information content (AvgIpc) is 2.55. The van der Waals surface area contributed by atoms with Gasteiger partial charge in [-0.2, -0.15) is 0 Å². The second-order valence-electron chi connectivity index (χ2n) is 4.17. The second-order valence-corrected chi connectivity index (χ2v) is 4.17. The molecule has 3 N–H and O–H groups in total. The number of rotatable bonds is 4. The lowest BCUT2D eigenvalue weighted by Gasteiger charge is -1.98. The molecule has 0 radical (unpaired) electrons. The number of aldehydes is 1. The van der Waals surface area contributed by atoms with Gasteiger partial charge in [-0.3, -0.25) is 4.79 Å². The number of hydrogen-bond acceptors (Lipinski definition) is 4. The van der Waals surface area contributed by atoms with Crippen LogP contribution in [0.2, 0.25) is 0 Å². The summed E-state index contributed by atoms with van der Waals surface area (Å²) in [6.45, 7) is 0. The Morgan fingerprint density at radius 2 is 1.00 bits per heavy atom. The first-order valence-corrected chi connectivity index (χ1v) is 6.21. The first-order valence-electron chi connectivity index (χ1n) is 6.21. The summed E-state index contributed by atoms with van der Waals surface area (Å²) in [5.74, 6) is -3.53. The number of aromatic carboxylic acids is 3. The van der Waals surface area contributed by atoms with Crippen LogP contribution in [-0.4, -0.2) is 39.5 Å². The molecule has 2 aromatic carbocycles. The van der Waals surface area contributed by atoms with E-state index in [9.17, 15) is 19.2 Å². The van der Waals surface area contributed by atoms with Crippen LogP contribution in [0.15, 0.2) is 48.5 Å². The van der Waals surface area contributed by atoms with Crippen molar-refractivity contribution in [2.24, 2.45) is 0 Å². The molecule has 7 nitrogen and oxygen atoms in total. The van der Waals surface area contributed by atoms with Gasteiger partial charge in [-0.1, -0.05) is 30.3 Å². The highest BCUT2D eigenvalue weighted by atomic mass is 16.4. The number of carbonyl (C=O) groups excluding carboxylic acids is 1. The van der Waals surface area contributed by atoms with Crippen molar-refractivity contribution in [3.05, 3.63) is 70.8 Å². The molecule has 0 amide bonds. The van der Waals surface area contributed by atoms with Crippen LogP contribution >= 0.6 is 0 Å². The van der Waals surface area contributed by atoms with Gasteiger partial charge in [-0.15, -0.1) is 0 Å². The molecule has 0 heterocycles. The van der Waals surface area contributed by atoms with E-state index >= 15 is 0 Å². The maximum absolute atomic E-state index is 10.5. The quantitative estimate of drug-likeness (QED) is 0.738. The van der Waals surface area contributed by atoms with Crippen LogP contribution in [0.3, 0.4) is 0 Å². The van der Waals surface area contributed by atoms with Crippen LogP contribution in [0, 0.1) is 0 Å². The summed E-state index contributed by atoms with van der Waals surface area (Å²) < 4.78 is 0. The second kappa shape index (κ2) is 8.08. The Balaban J connectivity index is 0.000000231. The van der Waals surface area contributed by atoms with Crippen molar-refractivity contribution in [2.45, 2.75) is 0 Å². The van der Waals surface area contributed by atoms with Crippen molar-refractivity contribution in [1.82, 2.24) is 0 Å². The van der Waals surface area contributed by atoms with Crippen molar-refractivity contribution < 1.29 is 34.5 Å². The monoisotopic (exact) mass is 316 g/mol. The van der Waals surface area contributed by atoms with Gasteiger partial charge in [0.05, 0.1) is 16.7 Å². The predicted molar refractivity (Wildman–Crippen MR) is 79.1 cm³/mol. The van der Waals surface area contributed by atoms with E-state index in [2.05, 4.69) is 0 Å². The SMILES string of the molecule is O=C(O)c1ccccc1C(=O)O.O=Cc1ccccc1C(=O)O. The third kappa shape index (κ3) is 4.78. The summed E-state index contributed by atoms with van der Waals surface area (Å²) in [5, 5.41) is 25.6. The number of carboxylic acids is 3. The van der Waals surface area contributed by atoms with Gasteiger partial charge in [0.15, 0.2) is 6.29 Å². The highest BCUT2D eigenvalue weighted by Crippen LogP contribution is 2.08. The molecule has 0 saturated carbocycles. The minimum absolute atomic E-state index is 0.0440. The van der Waals surface area contributed by atoms with Crippen molar-refractivity contribution >= 4 is 24.2 Å². The Kier molecular flexibility index (Phi) is 6.17. The topological polar surface area (TPSA) is 129 Å². The van der Waals surface area contributed by atoms with E-state index in [1.54, 1.807) is 12.1 Å². The summed E-state index contributed by atoms with van der Waals surface area (Å²) in [6, 6.07) is 11.5. The molecule has 0 aliphatic rings. The first kappa shape index (κ1) is 17.6. The van der Waals surface area contributed by atoms with E-state index in [4.69, 9.17) is 15.3 Å². The standard InChI is InChI=1S/C8H6O4.C8H6O3/c9-7(10)5-3-1-2-4-6(5)8(11)12;9-5-6-3-1-2-4-7(6)8(10)11/h1-4H,(H,9,10)(H,11,12);1-5H,(H,10,11). The fourth-order valence-electron chi connectivity index (χ4n) is 1.65. The third-order valence-corrected chi connectivity index (χ3v) is 2.71. The van der Waals surface area contributed by atoms with E-state index in [-0.39, 0.29) is 22.3 Å². The Hall–Kier alpha value is -3.48. The fourth-order valence-corrected chi connectivity index (χ4v) is 1.65. The Morgan fingerprint density at radius 3 is 1.30 bits per heavy atom. The molecule has 2 aromatic rings. The zero-order chi connectivity index (χ0) is 17.4. The lowest BCUT2D eigenvalue weighted by atomic mass is 10.1. The van der Waals surface area contributed by atoms with Gasteiger partial charge in [0.1, 0.15) is 0 Å². The van der Waals surface area contributed by atoms with E-state index in [0.717, 1.165) is 0 Å². The molecule has 0 fully saturated rings. The maximum Gasteiger partial charge on any atom is 0.336 e. The Labute approximate surface area is 130 Å². The highest BCUT2D eigenvalue weighted by Gasteiger charge is 2.13. The maximum atomic E-state index is 10.5. The van der Waals surface area contributed by atoms with Crippen LogP contribution in [-0.2, 0) is 0 Å². The van der Waals surface area contributed by atoms with Crippen molar-refractivity contribution in [2.75, 3.05) is 0 Å². The van der Waals surface area contributed by atoms with Crippen molar-refractivity contribution in [3.8, 4) is 0 Å². The third-order valence-electron chi connectivity index (χ3n) is 2.71. The largest absolute Gasteiger partial charge is 0.478 e. The average molecular weight is 316 g/mol. The Bertz CT molecular complexity index is 717. The van der Waals surface area contributed by atoms with Gasteiger partial charge >= 0.3 is 17.9 Å². The van der Waals surface area contributed by atoms with Gasteiger partial charge in [-0.05, 0) is 18.2 Å². The fraction of sp³-hybridized carbons (Fsp3) is 0. The molecule has 0 bridgehead atoms. The van der Waals surface area contributed by atoms with E-state index in [0.29, 0.717) is 6.29 Å². The minimum atomic E-state index is -1.23.